The molecule has 0 aliphatic heterocycles. The molecule has 0 bridgehead atoms. The highest BCUT2D eigenvalue weighted by Gasteiger charge is 2.30. The molecule has 0 fully saturated rings. The summed E-state index contributed by atoms with van der Waals surface area (Å²) in [5.41, 5.74) is -0.336. The van der Waals surface area contributed by atoms with Crippen molar-refractivity contribution in [2.75, 3.05) is 0 Å². The van der Waals surface area contributed by atoms with E-state index in [-0.39, 0.29) is 17.5 Å². The molecular weight excluding hydrogens is 176 g/mol. The van der Waals surface area contributed by atoms with Crippen molar-refractivity contribution in [2.45, 2.75) is 60.0 Å². The lowest BCUT2D eigenvalue weighted by Gasteiger charge is -2.32. The van der Waals surface area contributed by atoms with E-state index in [1.807, 2.05) is 27.7 Å². The molecule has 0 spiro atoms. The minimum atomic E-state index is -0.336. The molecule has 14 heavy (non-hydrogen) atoms. The van der Waals surface area contributed by atoms with Crippen LogP contribution in [0.1, 0.15) is 54.4 Å². The third-order valence-corrected chi connectivity index (χ3v) is 2.74. The fourth-order valence-electron chi connectivity index (χ4n) is 1.26. The van der Waals surface area contributed by atoms with E-state index >= 15 is 0 Å². The zero-order valence-electron chi connectivity index (χ0n) is 10.4. The molecule has 0 aliphatic carbocycles. The highest BCUT2D eigenvalue weighted by Crippen LogP contribution is 2.26. The Hall–Kier alpha value is -0.530. The van der Waals surface area contributed by atoms with Gasteiger partial charge in [0.1, 0.15) is 5.60 Å². The van der Waals surface area contributed by atoms with Gasteiger partial charge < -0.3 is 4.74 Å². The van der Waals surface area contributed by atoms with Crippen LogP contribution in [0.5, 0.6) is 0 Å². The van der Waals surface area contributed by atoms with Crippen LogP contribution in [0.25, 0.3) is 0 Å². The van der Waals surface area contributed by atoms with Crippen LogP contribution in [0.2, 0.25) is 0 Å². The van der Waals surface area contributed by atoms with Gasteiger partial charge >= 0.3 is 5.97 Å². The summed E-state index contributed by atoms with van der Waals surface area (Å²) >= 11 is 0. The fraction of sp³-hybridized carbons (Fsp3) is 0.917. The normalized spacial score (nSPS) is 14.2. The Morgan fingerprint density at radius 3 is 2.14 bits per heavy atom. The smallest absolute Gasteiger partial charge is 0.308 e. The first-order valence-electron chi connectivity index (χ1n) is 5.54. The SMILES string of the molecule is CCCC(C)C(C)(C)OC(=O)C(C)C. The summed E-state index contributed by atoms with van der Waals surface area (Å²) in [5, 5.41) is 0. The lowest BCUT2D eigenvalue weighted by molar-refractivity contribution is -0.165. The van der Waals surface area contributed by atoms with E-state index in [4.69, 9.17) is 4.74 Å². The van der Waals surface area contributed by atoms with Crippen molar-refractivity contribution in [3.63, 3.8) is 0 Å². The van der Waals surface area contributed by atoms with Gasteiger partial charge in [0.25, 0.3) is 0 Å². The molecule has 0 radical (unpaired) electrons. The number of rotatable bonds is 5. The maximum atomic E-state index is 11.4. The minimum Gasteiger partial charge on any atom is -0.459 e. The van der Waals surface area contributed by atoms with Crippen molar-refractivity contribution >= 4 is 5.97 Å². The summed E-state index contributed by atoms with van der Waals surface area (Å²) in [4.78, 5) is 11.4. The van der Waals surface area contributed by atoms with Crippen molar-refractivity contribution in [1.82, 2.24) is 0 Å². The van der Waals surface area contributed by atoms with E-state index in [0.717, 1.165) is 12.8 Å². The molecule has 0 aromatic carbocycles. The monoisotopic (exact) mass is 200 g/mol. The molecule has 84 valence electrons. The van der Waals surface area contributed by atoms with Gasteiger partial charge in [0.05, 0.1) is 5.92 Å². The van der Waals surface area contributed by atoms with E-state index < -0.39 is 0 Å². The minimum absolute atomic E-state index is 0.0388. The lowest BCUT2D eigenvalue weighted by Crippen LogP contribution is -2.36. The third-order valence-electron chi connectivity index (χ3n) is 2.74. The van der Waals surface area contributed by atoms with Gasteiger partial charge in [-0.3, -0.25) is 4.79 Å². The highest BCUT2D eigenvalue weighted by molar-refractivity contribution is 5.72. The Bertz CT molecular complexity index is 183. The molecule has 0 saturated carbocycles. The molecule has 0 rings (SSSR count). The summed E-state index contributed by atoms with van der Waals surface area (Å²) in [6.07, 6.45) is 2.22. The van der Waals surface area contributed by atoms with E-state index in [1.165, 1.54) is 0 Å². The molecule has 0 N–H and O–H groups in total. The predicted molar refractivity (Wildman–Crippen MR) is 59.1 cm³/mol. The van der Waals surface area contributed by atoms with Crippen LogP contribution in [0.4, 0.5) is 0 Å². The third kappa shape index (κ3) is 4.12. The van der Waals surface area contributed by atoms with Gasteiger partial charge in [-0.2, -0.15) is 0 Å². The molecular formula is C12H24O2. The van der Waals surface area contributed by atoms with Crippen molar-refractivity contribution in [3.05, 3.63) is 0 Å². The van der Waals surface area contributed by atoms with Gasteiger partial charge in [-0.05, 0) is 26.2 Å². The lowest BCUT2D eigenvalue weighted by atomic mass is 9.88. The van der Waals surface area contributed by atoms with Gasteiger partial charge in [0.2, 0.25) is 0 Å². The predicted octanol–water partition coefficient (Wildman–Crippen LogP) is 3.40. The summed E-state index contributed by atoms with van der Waals surface area (Å²) in [6, 6.07) is 0. The van der Waals surface area contributed by atoms with Crippen LogP contribution in [0.3, 0.4) is 0 Å². The molecule has 2 nitrogen and oxygen atoms in total. The Morgan fingerprint density at radius 1 is 1.29 bits per heavy atom. The molecule has 0 amide bonds. The molecule has 0 aromatic heterocycles. The maximum absolute atomic E-state index is 11.4. The molecule has 2 heteroatoms. The summed E-state index contributed by atoms with van der Waals surface area (Å²) in [5.74, 6) is 0.274. The van der Waals surface area contributed by atoms with E-state index in [9.17, 15) is 4.79 Å². The first kappa shape index (κ1) is 13.5. The van der Waals surface area contributed by atoms with Crippen LogP contribution < -0.4 is 0 Å². The molecule has 1 atom stereocenters. The van der Waals surface area contributed by atoms with Crippen molar-refractivity contribution in [2.24, 2.45) is 11.8 Å². The fourth-order valence-corrected chi connectivity index (χ4v) is 1.26. The number of carbonyl (C=O) groups is 1. The van der Waals surface area contributed by atoms with E-state index in [2.05, 4.69) is 13.8 Å². The van der Waals surface area contributed by atoms with Crippen LogP contribution in [-0.4, -0.2) is 11.6 Å². The zero-order valence-corrected chi connectivity index (χ0v) is 10.4. The van der Waals surface area contributed by atoms with Crippen molar-refractivity contribution in [3.8, 4) is 0 Å². The van der Waals surface area contributed by atoms with Gasteiger partial charge in [0.15, 0.2) is 0 Å². The van der Waals surface area contributed by atoms with Gasteiger partial charge in [-0.15, -0.1) is 0 Å². The quantitative estimate of drug-likeness (QED) is 0.636. The Labute approximate surface area is 88.0 Å². The molecule has 1 unspecified atom stereocenters. The molecule has 0 saturated heterocycles. The largest absolute Gasteiger partial charge is 0.459 e. The van der Waals surface area contributed by atoms with Crippen molar-refractivity contribution < 1.29 is 9.53 Å². The van der Waals surface area contributed by atoms with Crippen molar-refractivity contribution in [1.29, 1.82) is 0 Å². The first-order chi connectivity index (χ1) is 6.31. The first-order valence-corrected chi connectivity index (χ1v) is 5.54. The number of esters is 1. The molecule has 0 aromatic rings. The second-order valence-corrected chi connectivity index (χ2v) is 4.87. The topological polar surface area (TPSA) is 26.3 Å². The summed E-state index contributed by atoms with van der Waals surface area (Å²) in [7, 11) is 0. The van der Waals surface area contributed by atoms with Crippen LogP contribution >= 0.6 is 0 Å². The Morgan fingerprint density at radius 2 is 1.79 bits per heavy atom. The van der Waals surface area contributed by atoms with Gasteiger partial charge in [0, 0.05) is 0 Å². The van der Waals surface area contributed by atoms with Crippen LogP contribution in [0.15, 0.2) is 0 Å². The number of ether oxygens (including phenoxy) is 1. The van der Waals surface area contributed by atoms with Gasteiger partial charge in [-0.1, -0.05) is 34.1 Å². The second-order valence-electron chi connectivity index (χ2n) is 4.87. The van der Waals surface area contributed by atoms with E-state index in [1.54, 1.807) is 0 Å². The summed E-state index contributed by atoms with van der Waals surface area (Å²) < 4.78 is 5.47. The summed E-state index contributed by atoms with van der Waals surface area (Å²) in [6.45, 7) is 12.0. The second kappa shape index (κ2) is 5.38. The number of hydrogen-bond acceptors (Lipinski definition) is 2. The average molecular weight is 200 g/mol. The molecule has 0 aliphatic rings. The Kier molecular flexibility index (Phi) is 5.17. The zero-order chi connectivity index (χ0) is 11.4. The van der Waals surface area contributed by atoms with E-state index in [0.29, 0.717) is 5.92 Å². The standard InChI is InChI=1S/C12H24O2/c1-7-8-10(4)12(5,6)14-11(13)9(2)3/h9-10H,7-8H2,1-6H3. The Balaban J connectivity index is 4.25. The number of carbonyl (C=O) groups excluding carboxylic acids is 1. The van der Waals surface area contributed by atoms with Gasteiger partial charge in [-0.25, -0.2) is 0 Å². The van der Waals surface area contributed by atoms with Crippen LogP contribution in [0, 0.1) is 11.8 Å². The van der Waals surface area contributed by atoms with Crippen LogP contribution in [-0.2, 0) is 9.53 Å². The average Bonchev–Trinajstić information content (AvgIpc) is 2.03. The number of hydrogen-bond donors (Lipinski definition) is 0. The maximum Gasteiger partial charge on any atom is 0.308 e. The molecule has 0 heterocycles. The highest BCUT2D eigenvalue weighted by atomic mass is 16.6.